The standard InChI is InChI=1S/C8H13NO3/c10-7(11)6-4-12-5-8(9-6)2-1-3-8/h6,9H,1-5H2,(H,10,11). The number of morpholine rings is 1. The second kappa shape index (κ2) is 2.71. The summed E-state index contributed by atoms with van der Waals surface area (Å²) in [6.45, 7) is 0.980. The normalized spacial score (nSPS) is 32.8. The Labute approximate surface area is 70.9 Å². The van der Waals surface area contributed by atoms with Crippen molar-refractivity contribution in [3.05, 3.63) is 0 Å². The van der Waals surface area contributed by atoms with E-state index in [0.717, 1.165) is 12.8 Å². The van der Waals surface area contributed by atoms with Crippen LogP contribution in [0.5, 0.6) is 0 Å². The fourth-order valence-electron chi connectivity index (χ4n) is 1.85. The van der Waals surface area contributed by atoms with E-state index >= 15 is 0 Å². The van der Waals surface area contributed by atoms with Crippen molar-refractivity contribution in [2.45, 2.75) is 30.8 Å². The number of rotatable bonds is 1. The predicted octanol–water partition coefficient (Wildman–Crippen LogP) is -0.0179. The van der Waals surface area contributed by atoms with Gasteiger partial charge in [0.1, 0.15) is 6.04 Å². The Kier molecular flexibility index (Phi) is 1.81. The van der Waals surface area contributed by atoms with E-state index in [-0.39, 0.29) is 5.54 Å². The predicted molar refractivity (Wildman–Crippen MR) is 42.0 cm³/mol. The maximum Gasteiger partial charge on any atom is 0.323 e. The molecule has 4 heteroatoms. The lowest BCUT2D eigenvalue weighted by Gasteiger charge is -2.47. The zero-order chi connectivity index (χ0) is 8.60. The molecule has 0 aromatic rings. The first kappa shape index (κ1) is 8.01. The number of hydrogen-bond acceptors (Lipinski definition) is 3. The molecule has 68 valence electrons. The van der Waals surface area contributed by atoms with Crippen molar-refractivity contribution in [1.29, 1.82) is 0 Å². The van der Waals surface area contributed by atoms with Crippen LogP contribution in [-0.2, 0) is 9.53 Å². The van der Waals surface area contributed by atoms with Crippen molar-refractivity contribution in [2.24, 2.45) is 0 Å². The van der Waals surface area contributed by atoms with Gasteiger partial charge in [0.15, 0.2) is 0 Å². The minimum atomic E-state index is -0.805. The van der Waals surface area contributed by atoms with Crippen LogP contribution in [0.4, 0.5) is 0 Å². The second-order valence-corrected chi connectivity index (χ2v) is 3.68. The molecule has 2 rings (SSSR count). The van der Waals surface area contributed by atoms with Crippen LogP contribution in [0.1, 0.15) is 19.3 Å². The molecular weight excluding hydrogens is 158 g/mol. The number of aliphatic carboxylic acids is 1. The van der Waals surface area contributed by atoms with Crippen LogP contribution in [0.3, 0.4) is 0 Å². The van der Waals surface area contributed by atoms with E-state index in [1.165, 1.54) is 6.42 Å². The maximum atomic E-state index is 10.6. The lowest BCUT2D eigenvalue weighted by Crippen LogP contribution is -2.64. The maximum absolute atomic E-state index is 10.6. The molecule has 2 fully saturated rings. The van der Waals surface area contributed by atoms with E-state index in [2.05, 4.69) is 5.32 Å². The summed E-state index contributed by atoms with van der Waals surface area (Å²) in [7, 11) is 0. The van der Waals surface area contributed by atoms with Crippen molar-refractivity contribution in [1.82, 2.24) is 5.32 Å². The van der Waals surface area contributed by atoms with Gasteiger partial charge in [0, 0.05) is 5.54 Å². The zero-order valence-electron chi connectivity index (χ0n) is 6.88. The topological polar surface area (TPSA) is 58.6 Å². The summed E-state index contributed by atoms with van der Waals surface area (Å²) in [4.78, 5) is 10.6. The molecule has 1 saturated carbocycles. The van der Waals surface area contributed by atoms with Gasteiger partial charge in [-0.2, -0.15) is 0 Å². The first-order valence-electron chi connectivity index (χ1n) is 4.30. The van der Waals surface area contributed by atoms with Crippen LogP contribution < -0.4 is 5.32 Å². The first-order valence-corrected chi connectivity index (χ1v) is 4.30. The highest BCUT2D eigenvalue weighted by molar-refractivity contribution is 5.73. The molecule has 1 aliphatic carbocycles. The van der Waals surface area contributed by atoms with Gasteiger partial charge < -0.3 is 9.84 Å². The minimum Gasteiger partial charge on any atom is -0.480 e. The molecule has 0 aromatic carbocycles. The van der Waals surface area contributed by atoms with Gasteiger partial charge in [0.2, 0.25) is 0 Å². The SMILES string of the molecule is O=C(O)C1COCC2(CCC2)N1. The molecule has 12 heavy (non-hydrogen) atoms. The monoisotopic (exact) mass is 171 g/mol. The molecule has 1 heterocycles. The smallest absolute Gasteiger partial charge is 0.323 e. The Hall–Kier alpha value is -0.610. The van der Waals surface area contributed by atoms with Crippen molar-refractivity contribution >= 4 is 5.97 Å². The van der Waals surface area contributed by atoms with Gasteiger partial charge in [-0.05, 0) is 19.3 Å². The van der Waals surface area contributed by atoms with Crippen LogP contribution >= 0.6 is 0 Å². The van der Waals surface area contributed by atoms with Crippen molar-refractivity contribution in [3.8, 4) is 0 Å². The third-order valence-electron chi connectivity index (χ3n) is 2.75. The second-order valence-electron chi connectivity index (χ2n) is 3.68. The molecule has 1 atom stereocenters. The molecule has 1 unspecified atom stereocenters. The van der Waals surface area contributed by atoms with Crippen LogP contribution in [0, 0.1) is 0 Å². The third-order valence-corrected chi connectivity index (χ3v) is 2.75. The summed E-state index contributed by atoms with van der Waals surface area (Å²) in [5.74, 6) is -0.805. The number of nitrogens with one attached hydrogen (secondary N) is 1. The van der Waals surface area contributed by atoms with E-state index in [1.54, 1.807) is 0 Å². The summed E-state index contributed by atoms with van der Waals surface area (Å²) in [5.41, 5.74) is 0.00130. The molecule has 4 nitrogen and oxygen atoms in total. The van der Waals surface area contributed by atoms with E-state index in [4.69, 9.17) is 9.84 Å². The largest absolute Gasteiger partial charge is 0.480 e. The number of carbonyl (C=O) groups is 1. The summed E-state index contributed by atoms with van der Waals surface area (Å²) in [5, 5.41) is 11.9. The van der Waals surface area contributed by atoms with Crippen LogP contribution in [0.2, 0.25) is 0 Å². The fourth-order valence-corrected chi connectivity index (χ4v) is 1.85. The summed E-state index contributed by atoms with van der Waals surface area (Å²) >= 11 is 0. The highest BCUT2D eigenvalue weighted by Crippen LogP contribution is 2.34. The van der Waals surface area contributed by atoms with Crippen molar-refractivity contribution in [3.63, 3.8) is 0 Å². The number of hydrogen-bond donors (Lipinski definition) is 2. The lowest BCUT2D eigenvalue weighted by atomic mass is 9.76. The lowest BCUT2D eigenvalue weighted by molar-refractivity contribution is -0.147. The van der Waals surface area contributed by atoms with Gasteiger partial charge >= 0.3 is 5.97 Å². The van der Waals surface area contributed by atoms with Gasteiger partial charge in [-0.1, -0.05) is 0 Å². The molecule has 0 bridgehead atoms. The van der Waals surface area contributed by atoms with Gasteiger partial charge in [-0.25, -0.2) is 0 Å². The fraction of sp³-hybridized carbons (Fsp3) is 0.875. The Morgan fingerprint density at radius 1 is 1.58 bits per heavy atom. The number of carboxylic acids is 1. The molecule has 2 aliphatic rings. The minimum absolute atomic E-state index is 0.00130. The van der Waals surface area contributed by atoms with E-state index in [1.807, 2.05) is 0 Å². The molecular formula is C8H13NO3. The van der Waals surface area contributed by atoms with Gasteiger partial charge in [-0.15, -0.1) is 0 Å². The molecule has 0 radical (unpaired) electrons. The van der Waals surface area contributed by atoms with Crippen molar-refractivity contribution in [2.75, 3.05) is 13.2 Å². The van der Waals surface area contributed by atoms with Crippen LogP contribution in [0.25, 0.3) is 0 Å². The van der Waals surface area contributed by atoms with E-state index in [0.29, 0.717) is 13.2 Å². The summed E-state index contributed by atoms with van der Waals surface area (Å²) < 4.78 is 5.26. The number of carboxylic acid groups (broad SMARTS) is 1. The van der Waals surface area contributed by atoms with Crippen LogP contribution in [0.15, 0.2) is 0 Å². The molecule has 1 saturated heterocycles. The average molecular weight is 171 g/mol. The third kappa shape index (κ3) is 1.21. The molecule has 0 aromatic heterocycles. The zero-order valence-corrected chi connectivity index (χ0v) is 6.88. The van der Waals surface area contributed by atoms with Crippen LogP contribution in [-0.4, -0.2) is 35.9 Å². The molecule has 2 N–H and O–H groups in total. The summed E-state index contributed by atoms with van der Waals surface area (Å²) in [6.07, 6.45) is 3.29. The Balaban J connectivity index is 1.98. The van der Waals surface area contributed by atoms with E-state index in [9.17, 15) is 4.79 Å². The average Bonchev–Trinajstić information content (AvgIpc) is 2.02. The Bertz CT molecular complexity index is 200. The van der Waals surface area contributed by atoms with Gasteiger partial charge in [-0.3, -0.25) is 10.1 Å². The quantitative estimate of drug-likeness (QED) is 0.582. The summed E-state index contributed by atoms with van der Waals surface area (Å²) in [6, 6.07) is -0.501. The molecule has 1 aliphatic heterocycles. The molecule has 1 spiro atoms. The first-order chi connectivity index (χ1) is 5.72. The molecule has 0 amide bonds. The number of ether oxygens (including phenoxy) is 1. The highest BCUT2D eigenvalue weighted by Gasteiger charge is 2.43. The highest BCUT2D eigenvalue weighted by atomic mass is 16.5. The van der Waals surface area contributed by atoms with Crippen molar-refractivity contribution < 1.29 is 14.6 Å². The Morgan fingerprint density at radius 3 is 2.83 bits per heavy atom. The van der Waals surface area contributed by atoms with Gasteiger partial charge in [0.05, 0.1) is 13.2 Å². The van der Waals surface area contributed by atoms with E-state index < -0.39 is 12.0 Å². The Morgan fingerprint density at radius 2 is 2.33 bits per heavy atom. The van der Waals surface area contributed by atoms with Gasteiger partial charge in [0.25, 0.3) is 0 Å².